The summed E-state index contributed by atoms with van der Waals surface area (Å²) in [6.07, 6.45) is -1.04. The normalized spacial score (nSPS) is 12.6. The lowest BCUT2D eigenvalue weighted by molar-refractivity contribution is 0.0428. The van der Waals surface area contributed by atoms with Gasteiger partial charge >= 0.3 is 12.2 Å². The monoisotopic (exact) mass is 288 g/mol. The quantitative estimate of drug-likeness (QED) is 0.837. The van der Waals surface area contributed by atoms with Crippen molar-refractivity contribution in [2.75, 3.05) is 6.54 Å². The third kappa shape index (κ3) is 10.5. The topological polar surface area (TPSA) is 76.7 Å². The van der Waals surface area contributed by atoms with Gasteiger partial charge in [0.25, 0.3) is 0 Å². The number of amides is 2. The lowest BCUT2D eigenvalue weighted by Crippen LogP contribution is -2.53. The Hall–Kier alpha value is -1.46. The molecule has 0 unspecified atom stereocenters. The fraction of sp³-hybridized carbons (Fsp3) is 0.857. The molecule has 0 aliphatic carbocycles. The Balaban J connectivity index is 4.26. The Kier molecular flexibility index (Phi) is 5.86. The summed E-state index contributed by atoms with van der Waals surface area (Å²) in [6, 6.07) is 0. The Bertz CT molecular complexity index is 351. The molecular formula is C14H28N2O4. The summed E-state index contributed by atoms with van der Waals surface area (Å²) in [5.41, 5.74) is -1.75. The fourth-order valence-corrected chi connectivity index (χ4v) is 1.23. The minimum absolute atomic E-state index is 0.237. The van der Waals surface area contributed by atoms with E-state index in [0.717, 1.165) is 0 Å². The Morgan fingerprint density at radius 1 is 0.800 bits per heavy atom. The van der Waals surface area contributed by atoms with E-state index in [4.69, 9.17) is 9.47 Å². The second kappa shape index (κ2) is 6.33. The van der Waals surface area contributed by atoms with Gasteiger partial charge in [-0.3, -0.25) is 0 Å². The van der Waals surface area contributed by atoms with Gasteiger partial charge < -0.3 is 20.1 Å². The van der Waals surface area contributed by atoms with Crippen LogP contribution in [-0.4, -0.2) is 35.5 Å². The molecule has 0 saturated carbocycles. The van der Waals surface area contributed by atoms with Crippen LogP contribution >= 0.6 is 0 Å². The first-order valence-corrected chi connectivity index (χ1v) is 6.68. The third-order valence-electron chi connectivity index (χ3n) is 1.91. The number of nitrogens with one attached hydrogen (secondary N) is 2. The predicted molar refractivity (Wildman–Crippen MR) is 77.7 cm³/mol. The zero-order chi connectivity index (χ0) is 16.2. The zero-order valence-corrected chi connectivity index (χ0v) is 13.8. The first-order valence-electron chi connectivity index (χ1n) is 6.68. The van der Waals surface area contributed by atoms with Gasteiger partial charge in [-0.1, -0.05) is 0 Å². The van der Waals surface area contributed by atoms with Gasteiger partial charge in [-0.05, 0) is 55.4 Å². The fourth-order valence-electron chi connectivity index (χ4n) is 1.23. The summed E-state index contributed by atoms with van der Waals surface area (Å²) in [5.74, 6) is 0. The van der Waals surface area contributed by atoms with Crippen LogP contribution in [0.25, 0.3) is 0 Å². The summed E-state index contributed by atoms with van der Waals surface area (Å²) in [6.45, 7) is 14.5. The smallest absolute Gasteiger partial charge is 0.408 e. The Morgan fingerprint density at radius 3 is 1.60 bits per heavy atom. The van der Waals surface area contributed by atoms with Gasteiger partial charge in [0.15, 0.2) is 0 Å². The second-order valence-electron chi connectivity index (χ2n) is 7.37. The van der Waals surface area contributed by atoms with Crippen molar-refractivity contribution in [3.63, 3.8) is 0 Å². The molecule has 2 N–H and O–H groups in total. The molecule has 0 aliphatic heterocycles. The maximum atomic E-state index is 11.7. The van der Waals surface area contributed by atoms with Crippen LogP contribution in [0.1, 0.15) is 55.4 Å². The zero-order valence-electron chi connectivity index (χ0n) is 13.8. The SMILES string of the molecule is CC(C)(CNC(=O)OC(C)(C)C)NC(=O)OC(C)(C)C. The summed E-state index contributed by atoms with van der Waals surface area (Å²) in [5, 5.41) is 5.32. The van der Waals surface area contributed by atoms with Crippen molar-refractivity contribution in [3.8, 4) is 0 Å². The van der Waals surface area contributed by atoms with Crippen molar-refractivity contribution in [2.24, 2.45) is 0 Å². The molecule has 2 amide bonds. The van der Waals surface area contributed by atoms with E-state index in [1.165, 1.54) is 0 Å². The minimum atomic E-state index is -0.640. The van der Waals surface area contributed by atoms with Crippen LogP contribution in [0.2, 0.25) is 0 Å². The van der Waals surface area contributed by atoms with E-state index in [2.05, 4.69) is 10.6 Å². The van der Waals surface area contributed by atoms with Gasteiger partial charge in [0, 0.05) is 6.54 Å². The molecule has 0 aromatic carbocycles. The number of carbonyl (C=O) groups excluding carboxylic acids is 2. The van der Waals surface area contributed by atoms with Crippen LogP contribution in [-0.2, 0) is 9.47 Å². The summed E-state index contributed by atoms with van der Waals surface area (Å²) >= 11 is 0. The molecule has 6 heteroatoms. The molecule has 0 fully saturated rings. The first kappa shape index (κ1) is 18.5. The highest BCUT2D eigenvalue weighted by molar-refractivity contribution is 5.70. The Morgan fingerprint density at radius 2 is 1.20 bits per heavy atom. The van der Waals surface area contributed by atoms with Crippen LogP contribution in [0.4, 0.5) is 9.59 Å². The van der Waals surface area contributed by atoms with Crippen LogP contribution in [0, 0.1) is 0 Å². The minimum Gasteiger partial charge on any atom is -0.444 e. The van der Waals surface area contributed by atoms with Gasteiger partial charge in [0.1, 0.15) is 11.2 Å². The molecule has 0 spiro atoms. The average Bonchev–Trinajstić information content (AvgIpc) is 2.07. The van der Waals surface area contributed by atoms with Gasteiger partial charge in [-0.25, -0.2) is 9.59 Å². The summed E-state index contributed by atoms with van der Waals surface area (Å²) in [7, 11) is 0. The van der Waals surface area contributed by atoms with E-state index in [1.54, 1.807) is 55.4 Å². The number of hydrogen-bond donors (Lipinski definition) is 2. The van der Waals surface area contributed by atoms with Crippen LogP contribution in [0.3, 0.4) is 0 Å². The summed E-state index contributed by atoms with van der Waals surface area (Å²) < 4.78 is 10.3. The number of alkyl carbamates (subject to hydrolysis) is 2. The molecule has 20 heavy (non-hydrogen) atoms. The van der Waals surface area contributed by atoms with Gasteiger partial charge in [0.05, 0.1) is 5.54 Å². The van der Waals surface area contributed by atoms with Gasteiger partial charge in [-0.2, -0.15) is 0 Å². The van der Waals surface area contributed by atoms with E-state index < -0.39 is 28.9 Å². The molecule has 0 rings (SSSR count). The van der Waals surface area contributed by atoms with Gasteiger partial charge in [0.2, 0.25) is 0 Å². The second-order valence-corrected chi connectivity index (χ2v) is 7.37. The molecule has 0 saturated heterocycles. The number of ether oxygens (including phenoxy) is 2. The highest BCUT2D eigenvalue weighted by atomic mass is 16.6. The van der Waals surface area contributed by atoms with E-state index in [9.17, 15) is 9.59 Å². The van der Waals surface area contributed by atoms with Crippen molar-refractivity contribution >= 4 is 12.2 Å². The molecule has 0 heterocycles. The maximum Gasteiger partial charge on any atom is 0.408 e. The van der Waals surface area contributed by atoms with Gasteiger partial charge in [-0.15, -0.1) is 0 Å². The number of rotatable bonds is 3. The average molecular weight is 288 g/mol. The molecule has 0 aromatic heterocycles. The molecular weight excluding hydrogens is 260 g/mol. The largest absolute Gasteiger partial charge is 0.444 e. The van der Waals surface area contributed by atoms with Crippen LogP contribution in [0.15, 0.2) is 0 Å². The van der Waals surface area contributed by atoms with E-state index in [-0.39, 0.29) is 6.54 Å². The lowest BCUT2D eigenvalue weighted by Gasteiger charge is -2.29. The molecule has 0 radical (unpaired) electrons. The lowest BCUT2D eigenvalue weighted by atomic mass is 10.1. The first-order chi connectivity index (χ1) is 8.70. The van der Waals surface area contributed by atoms with E-state index in [0.29, 0.717) is 0 Å². The number of carbonyl (C=O) groups is 2. The molecule has 0 atom stereocenters. The molecule has 0 bridgehead atoms. The maximum absolute atomic E-state index is 11.7. The summed E-state index contributed by atoms with van der Waals surface area (Å²) in [4.78, 5) is 23.2. The van der Waals surface area contributed by atoms with Crippen molar-refractivity contribution in [2.45, 2.75) is 72.1 Å². The van der Waals surface area contributed by atoms with Crippen LogP contribution < -0.4 is 10.6 Å². The molecule has 118 valence electrons. The Labute approximate surface area is 121 Å². The van der Waals surface area contributed by atoms with Crippen molar-refractivity contribution in [1.29, 1.82) is 0 Å². The van der Waals surface area contributed by atoms with Crippen LogP contribution in [0.5, 0.6) is 0 Å². The molecule has 0 aromatic rings. The predicted octanol–water partition coefficient (Wildman–Crippen LogP) is 2.81. The van der Waals surface area contributed by atoms with Crippen molar-refractivity contribution < 1.29 is 19.1 Å². The number of hydrogen-bond acceptors (Lipinski definition) is 4. The highest BCUT2D eigenvalue weighted by Gasteiger charge is 2.26. The van der Waals surface area contributed by atoms with E-state index in [1.807, 2.05) is 0 Å². The molecule has 0 aliphatic rings. The standard InChI is InChI=1S/C14H28N2O4/c1-12(2,3)19-10(17)15-9-14(7,8)16-11(18)20-13(4,5)6/h9H2,1-8H3,(H,15,17)(H,16,18). The third-order valence-corrected chi connectivity index (χ3v) is 1.91. The van der Waals surface area contributed by atoms with E-state index >= 15 is 0 Å². The highest BCUT2D eigenvalue weighted by Crippen LogP contribution is 2.10. The van der Waals surface area contributed by atoms with Crippen molar-refractivity contribution in [3.05, 3.63) is 0 Å². The van der Waals surface area contributed by atoms with Crippen molar-refractivity contribution in [1.82, 2.24) is 10.6 Å². The molecule has 6 nitrogen and oxygen atoms in total.